The van der Waals surface area contributed by atoms with Gasteiger partial charge in [-0.25, -0.2) is 0 Å². The Morgan fingerprint density at radius 1 is 1.86 bits per heavy atom. The van der Waals surface area contributed by atoms with Crippen LogP contribution >= 0.6 is 15.9 Å². The monoisotopic (exact) mass is 162 g/mol. The summed E-state index contributed by atoms with van der Waals surface area (Å²) in [6.07, 6.45) is 1.08. The molecule has 0 nitrogen and oxygen atoms in total. The van der Waals surface area contributed by atoms with Crippen LogP contribution in [0.1, 0.15) is 20.3 Å². The van der Waals surface area contributed by atoms with Gasteiger partial charge < -0.3 is 0 Å². The molecule has 1 heteroatoms. The first-order valence-electron chi connectivity index (χ1n) is 2.50. The standard InChI is InChI=1S/C6H11Br/c1-4-5(2)6(3)7/h6H,2,4H2,1,3H3. The van der Waals surface area contributed by atoms with Crippen molar-refractivity contribution in [2.75, 3.05) is 0 Å². The Hall–Kier alpha value is 0.220. The van der Waals surface area contributed by atoms with E-state index in [4.69, 9.17) is 0 Å². The number of hydrogen-bond acceptors (Lipinski definition) is 0. The predicted octanol–water partition coefficient (Wildman–Crippen LogP) is 2.74. The SMILES string of the molecule is C=C(CC)C(C)Br. The van der Waals surface area contributed by atoms with Crippen LogP contribution in [-0.4, -0.2) is 4.83 Å². The van der Waals surface area contributed by atoms with Gasteiger partial charge in [-0.05, 0) is 13.3 Å². The van der Waals surface area contributed by atoms with Crippen molar-refractivity contribution in [3.63, 3.8) is 0 Å². The van der Waals surface area contributed by atoms with Crippen LogP contribution in [0.3, 0.4) is 0 Å². The van der Waals surface area contributed by atoms with E-state index in [9.17, 15) is 0 Å². The molecule has 0 saturated heterocycles. The summed E-state index contributed by atoms with van der Waals surface area (Å²) in [5.41, 5.74) is 1.26. The molecule has 1 unspecified atom stereocenters. The first kappa shape index (κ1) is 7.22. The van der Waals surface area contributed by atoms with E-state index >= 15 is 0 Å². The third-order valence-corrected chi connectivity index (χ3v) is 1.66. The van der Waals surface area contributed by atoms with Gasteiger partial charge in [-0.2, -0.15) is 0 Å². The van der Waals surface area contributed by atoms with Crippen molar-refractivity contribution in [3.8, 4) is 0 Å². The van der Waals surface area contributed by atoms with Gasteiger partial charge in [-0.1, -0.05) is 35.0 Å². The molecule has 0 saturated carbocycles. The smallest absolute Gasteiger partial charge is 0.0323 e. The van der Waals surface area contributed by atoms with E-state index in [0.717, 1.165) is 6.42 Å². The molecule has 0 aromatic carbocycles. The predicted molar refractivity (Wildman–Crippen MR) is 37.8 cm³/mol. The first-order chi connectivity index (χ1) is 3.18. The Morgan fingerprint density at radius 2 is 2.29 bits per heavy atom. The second-order valence-corrected chi connectivity index (χ2v) is 3.00. The van der Waals surface area contributed by atoms with Crippen molar-refractivity contribution in [3.05, 3.63) is 12.2 Å². The van der Waals surface area contributed by atoms with E-state index in [1.165, 1.54) is 5.57 Å². The lowest BCUT2D eigenvalue weighted by Gasteiger charge is -2.00. The van der Waals surface area contributed by atoms with Gasteiger partial charge in [0.1, 0.15) is 0 Å². The van der Waals surface area contributed by atoms with Gasteiger partial charge in [0.25, 0.3) is 0 Å². The maximum Gasteiger partial charge on any atom is 0.0323 e. The summed E-state index contributed by atoms with van der Waals surface area (Å²) < 4.78 is 0. The molecule has 1 atom stereocenters. The van der Waals surface area contributed by atoms with Crippen molar-refractivity contribution in [2.24, 2.45) is 0 Å². The lowest BCUT2D eigenvalue weighted by molar-refractivity contribution is 1.01. The maximum atomic E-state index is 3.83. The zero-order chi connectivity index (χ0) is 5.86. The maximum absolute atomic E-state index is 3.83. The van der Waals surface area contributed by atoms with Crippen LogP contribution in [0, 0.1) is 0 Å². The van der Waals surface area contributed by atoms with Gasteiger partial charge in [0.05, 0.1) is 0 Å². The molecule has 0 N–H and O–H groups in total. The van der Waals surface area contributed by atoms with Crippen LogP contribution < -0.4 is 0 Å². The fourth-order valence-corrected chi connectivity index (χ4v) is 0.605. The third-order valence-electron chi connectivity index (χ3n) is 1.02. The Bertz CT molecular complexity index is 64.6. The summed E-state index contributed by atoms with van der Waals surface area (Å²) in [5.74, 6) is 0. The lowest BCUT2D eigenvalue weighted by atomic mass is 10.2. The average Bonchev–Trinajstić information content (AvgIpc) is 1.65. The minimum atomic E-state index is 0.484. The highest BCUT2D eigenvalue weighted by Gasteiger charge is 1.95. The molecule has 0 spiro atoms. The normalized spacial score (nSPS) is 13.6. The highest BCUT2D eigenvalue weighted by atomic mass is 79.9. The summed E-state index contributed by atoms with van der Waals surface area (Å²) in [5, 5.41) is 0. The van der Waals surface area contributed by atoms with E-state index in [1.54, 1.807) is 0 Å². The van der Waals surface area contributed by atoms with E-state index in [0.29, 0.717) is 4.83 Å². The van der Waals surface area contributed by atoms with Crippen LogP contribution in [0.15, 0.2) is 12.2 Å². The van der Waals surface area contributed by atoms with Crippen LogP contribution in [0.2, 0.25) is 0 Å². The molecule has 7 heavy (non-hydrogen) atoms. The second-order valence-electron chi connectivity index (χ2n) is 1.63. The van der Waals surface area contributed by atoms with Crippen molar-refractivity contribution in [1.82, 2.24) is 0 Å². The fraction of sp³-hybridized carbons (Fsp3) is 0.667. The van der Waals surface area contributed by atoms with Crippen molar-refractivity contribution in [1.29, 1.82) is 0 Å². The minimum Gasteiger partial charge on any atom is -0.0988 e. The summed E-state index contributed by atoms with van der Waals surface area (Å²) in [6.45, 7) is 8.03. The molecule has 0 aliphatic rings. The summed E-state index contributed by atoms with van der Waals surface area (Å²) in [4.78, 5) is 0.484. The third kappa shape index (κ3) is 2.86. The fourth-order valence-electron chi connectivity index (χ4n) is 0.281. The average molecular weight is 163 g/mol. The Morgan fingerprint density at radius 3 is 2.29 bits per heavy atom. The summed E-state index contributed by atoms with van der Waals surface area (Å²) in [6, 6.07) is 0. The van der Waals surface area contributed by atoms with Gasteiger partial charge >= 0.3 is 0 Å². The van der Waals surface area contributed by atoms with Crippen LogP contribution in [0.5, 0.6) is 0 Å². The largest absolute Gasteiger partial charge is 0.0988 e. The molecule has 0 radical (unpaired) electrons. The molecule has 0 aromatic rings. The second kappa shape index (κ2) is 3.25. The molecule has 42 valence electrons. The number of hydrogen-bond donors (Lipinski definition) is 0. The van der Waals surface area contributed by atoms with Crippen molar-refractivity contribution >= 4 is 15.9 Å². The minimum absolute atomic E-state index is 0.484. The van der Waals surface area contributed by atoms with Crippen LogP contribution in [0.25, 0.3) is 0 Å². The van der Waals surface area contributed by atoms with Gasteiger partial charge in [0, 0.05) is 4.83 Å². The van der Waals surface area contributed by atoms with Gasteiger partial charge in [-0.15, -0.1) is 0 Å². The molecule has 0 aromatic heterocycles. The number of halogens is 1. The van der Waals surface area contributed by atoms with E-state index < -0.39 is 0 Å². The zero-order valence-corrected chi connectivity index (χ0v) is 6.46. The topological polar surface area (TPSA) is 0 Å². The molecule has 0 bridgehead atoms. The Balaban J connectivity index is 3.35. The molecule has 0 aliphatic heterocycles. The Kier molecular flexibility index (Phi) is 3.35. The molecule has 0 heterocycles. The molecule has 0 amide bonds. The van der Waals surface area contributed by atoms with Crippen molar-refractivity contribution < 1.29 is 0 Å². The highest BCUT2D eigenvalue weighted by Crippen LogP contribution is 2.11. The molecule has 0 fully saturated rings. The first-order valence-corrected chi connectivity index (χ1v) is 3.41. The van der Waals surface area contributed by atoms with Crippen LogP contribution in [-0.2, 0) is 0 Å². The highest BCUT2D eigenvalue weighted by molar-refractivity contribution is 9.09. The van der Waals surface area contributed by atoms with Gasteiger partial charge in [-0.3, -0.25) is 0 Å². The molecule has 0 aliphatic carbocycles. The van der Waals surface area contributed by atoms with E-state index in [-0.39, 0.29) is 0 Å². The number of allylic oxidation sites excluding steroid dienone is 1. The quantitative estimate of drug-likeness (QED) is 0.433. The van der Waals surface area contributed by atoms with Gasteiger partial charge in [0.2, 0.25) is 0 Å². The summed E-state index contributed by atoms with van der Waals surface area (Å²) >= 11 is 3.40. The van der Waals surface area contributed by atoms with Crippen molar-refractivity contribution in [2.45, 2.75) is 25.1 Å². The van der Waals surface area contributed by atoms with E-state index in [1.807, 2.05) is 0 Å². The number of alkyl halides is 1. The van der Waals surface area contributed by atoms with Crippen LogP contribution in [0.4, 0.5) is 0 Å². The Labute approximate surface area is 53.7 Å². The van der Waals surface area contributed by atoms with E-state index in [2.05, 4.69) is 36.4 Å². The lowest BCUT2D eigenvalue weighted by Crippen LogP contribution is -1.90. The molecule has 0 rings (SSSR count). The zero-order valence-electron chi connectivity index (χ0n) is 4.87. The number of rotatable bonds is 2. The van der Waals surface area contributed by atoms with Gasteiger partial charge in [0.15, 0.2) is 0 Å². The summed E-state index contributed by atoms with van der Waals surface area (Å²) in [7, 11) is 0. The molecular formula is C6H11Br. The molecular weight excluding hydrogens is 152 g/mol.